The van der Waals surface area contributed by atoms with Crippen LogP contribution < -0.4 is 11.2 Å². The number of hydrogen-bond acceptors (Lipinski definition) is 4. The Hall–Kier alpha value is -1.63. The van der Waals surface area contributed by atoms with E-state index in [-0.39, 0.29) is 6.54 Å². The summed E-state index contributed by atoms with van der Waals surface area (Å²) in [5, 5.41) is 10.7. The third kappa shape index (κ3) is 3.19. The molecular weight excluding hydrogens is 262 g/mol. The van der Waals surface area contributed by atoms with E-state index in [0.29, 0.717) is 12.3 Å². The van der Waals surface area contributed by atoms with Gasteiger partial charge in [-0.25, -0.2) is 4.79 Å². The molecule has 0 amide bonds. The molecule has 1 aromatic rings. The summed E-state index contributed by atoms with van der Waals surface area (Å²) < 4.78 is 1.94. The van der Waals surface area contributed by atoms with E-state index >= 15 is 0 Å². The summed E-state index contributed by atoms with van der Waals surface area (Å²) in [4.78, 5) is 33.3. The van der Waals surface area contributed by atoms with Crippen molar-refractivity contribution in [1.82, 2.24) is 9.13 Å². The first-order valence-corrected chi connectivity index (χ1v) is 6.03. The lowest BCUT2D eigenvalue weighted by Gasteiger charge is -2.06. The zero-order valence-electron chi connectivity index (χ0n) is 9.97. The summed E-state index contributed by atoms with van der Waals surface area (Å²) in [5.74, 6) is 0.516. The normalized spacial score (nSPS) is 10.6. The Bertz CT molecular complexity index is 549. The molecule has 0 spiro atoms. The zero-order valence-corrected chi connectivity index (χ0v) is 10.7. The molecule has 1 aromatic heterocycles. The summed E-state index contributed by atoms with van der Waals surface area (Å²) >= 11 is 5.51. The predicted molar refractivity (Wildman–Crippen MR) is 67.2 cm³/mol. The molecule has 18 heavy (non-hydrogen) atoms. The Morgan fingerprint density at radius 1 is 1.33 bits per heavy atom. The van der Waals surface area contributed by atoms with Crippen LogP contribution in [0.1, 0.15) is 19.3 Å². The minimum atomic E-state index is -0.853. The highest BCUT2D eigenvalue weighted by atomic mass is 35.5. The number of aryl methyl sites for hydroxylation is 1. The first kappa shape index (κ1) is 14.4. The monoisotopic (exact) mass is 275 g/mol. The van der Waals surface area contributed by atoms with Crippen LogP contribution in [0, 0.1) is 10.1 Å². The molecule has 1 heterocycles. The highest BCUT2D eigenvalue weighted by Gasteiger charge is 2.18. The molecule has 7 nitrogen and oxygen atoms in total. The highest BCUT2D eigenvalue weighted by molar-refractivity contribution is 6.17. The average Bonchev–Trinajstić information content (AvgIpc) is 2.32. The molecule has 0 saturated heterocycles. The van der Waals surface area contributed by atoms with Crippen LogP contribution >= 0.6 is 11.6 Å². The van der Waals surface area contributed by atoms with Crippen molar-refractivity contribution in [3.05, 3.63) is 37.1 Å². The smallest absolute Gasteiger partial charge is 0.297 e. The van der Waals surface area contributed by atoms with Gasteiger partial charge >= 0.3 is 16.9 Å². The summed E-state index contributed by atoms with van der Waals surface area (Å²) in [6.07, 6.45) is 3.08. The maximum atomic E-state index is 11.7. The van der Waals surface area contributed by atoms with Gasteiger partial charge in [0.15, 0.2) is 0 Å². The number of unbranched alkanes of at least 4 members (excludes halogenated alkanes) is 2. The topological polar surface area (TPSA) is 87.1 Å². The second-order valence-corrected chi connectivity index (χ2v) is 4.25. The van der Waals surface area contributed by atoms with Crippen LogP contribution in [-0.2, 0) is 13.6 Å². The molecule has 0 bridgehead atoms. The molecule has 0 aliphatic rings. The van der Waals surface area contributed by atoms with Gasteiger partial charge in [-0.3, -0.25) is 24.0 Å². The molecule has 0 N–H and O–H groups in total. The zero-order chi connectivity index (χ0) is 13.7. The molecule has 0 fully saturated rings. The van der Waals surface area contributed by atoms with Crippen LogP contribution in [-0.4, -0.2) is 19.9 Å². The van der Waals surface area contributed by atoms with Crippen molar-refractivity contribution in [2.24, 2.45) is 7.05 Å². The fraction of sp³-hybridized carbons (Fsp3) is 0.600. The van der Waals surface area contributed by atoms with Gasteiger partial charge in [-0.15, -0.1) is 11.6 Å². The molecule has 8 heteroatoms. The number of aromatic nitrogens is 2. The van der Waals surface area contributed by atoms with Crippen molar-refractivity contribution in [1.29, 1.82) is 0 Å². The minimum Gasteiger partial charge on any atom is -0.297 e. The standard InChI is InChI=1S/C10H14ClN3O4/c1-12-7-8(14(17)18)9(15)13(10(12)16)6-4-2-3-5-11/h7H,2-6H2,1H3. The molecule has 0 saturated carbocycles. The average molecular weight is 276 g/mol. The van der Waals surface area contributed by atoms with Crippen LogP contribution in [0.4, 0.5) is 5.69 Å². The Labute approximate surface area is 108 Å². The van der Waals surface area contributed by atoms with E-state index in [1.165, 1.54) is 7.05 Å². The number of alkyl halides is 1. The summed E-state index contributed by atoms with van der Waals surface area (Å²) in [5.41, 5.74) is -1.99. The SMILES string of the molecule is Cn1cc([N+](=O)[O-])c(=O)n(CCCCCCl)c1=O. The van der Waals surface area contributed by atoms with Crippen LogP contribution in [0.25, 0.3) is 0 Å². The molecular formula is C10H14ClN3O4. The van der Waals surface area contributed by atoms with Crippen LogP contribution in [0.2, 0.25) is 0 Å². The van der Waals surface area contributed by atoms with E-state index in [0.717, 1.165) is 28.2 Å². The fourth-order valence-electron chi connectivity index (χ4n) is 1.57. The third-order valence-corrected chi connectivity index (χ3v) is 2.79. The van der Waals surface area contributed by atoms with Gasteiger partial charge in [-0.1, -0.05) is 6.42 Å². The van der Waals surface area contributed by atoms with E-state index in [1.807, 2.05) is 0 Å². The van der Waals surface area contributed by atoms with Crippen molar-refractivity contribution >= 4 is 17.3 Å². The Morgan fingerprint density at radius 2 is 2.00 bits per heavy atom. The van der Waals surface area contributed by atoms with Crippen molar-refractivity contribution in [3.8, 4) is 0 Å². The van der Waals surface area contributed by atoms with Gasteiger partial charge < -0.3 is 0 Å². The quantitative estimate of drug-likeness (QED) is 0.333. The van der Waals surface area contributed by atoms with Crippen LogP contribution in [0.5, 0.6) is 0 Å². The van der Waals surface area contributed by atoms with E-state index in [9.17, 15) is 19.7 Å². The van der Waals surface area contributed by atoms with Crippen LogP contribution in [0.3, 0.4) is 0 Å². The molecule has 100 valence electrons. The number of hydrogen-bond donors (Lipinski definition) is 0. The maximum Gasteiger partial charge on any atom is 0.350 e. The van der Waals surface area contributed by atoms with Gasteiger partial charge in [0.1, 0.15) is 0 Å². The molecule has 0 aromatic carbocycles. The van der Waals surface area contributed by atoms with Crippen molar-refractivity contribution in [3.63, 3.8) is 0 Å². The van der Waals surface area contributed by atoms with Crippen molar-refractivity contribution < 1.29 is 4.92 Å². The predicted octanol–water partition coefficient (Wildman–Crippen LogP) is 0.864. The highest BCUT2D eigenvalue weighted by Crippen LogP contribution is 2.01. The van der Waals surface area contributed by atoms with Gasteiger partial charge in [0.05, 0.1) is 11.1 Å². The molecule has 0 unspecified atom stereocenters. The van der Waals surface area contributed by atoms with Crippen molar-refractivity contribution in [2.75, 3.05) is 5.88 Å². The molecule has 0 aliphatic heterocycles. The second kappa shape index (κ2) is 6.34. The van der Waals surface area contributed by atoms with E-state index < -0.39 is 21.9 Å². The Morgan fingerprint density at radius 3 is 2.56 bits per heavy atom. The fourth-order valence-corrected chi connectivity index (χ4v) is 1.76. The largest absolute Gasteiger partial charge is 0.350 e. The lowest BCUT2D eigenvalue weighted by atomic mass is 10.2. The molecule has 0 atom stereocenters. The third-order valence-electron chi connectivity index (χ3n) is 2.52. The number of halogens is 1. The molecule has 0 radical (unpaired) electrons. The summed E-state index contributed by atoms with van der Waals surface area (Å²) in [6, 6.07) is 0. The van der Waals surface area contributed by atoms with Crippen LogP contribution in [0.15, 0.2) is 15.8 Å². The lowest BCUT2D eigenvalue weighted by Crippen LogP contribution is -2.39. The van der Waals surface area contributed by atoms with Gasteiger partial charge in [0, 0.05) is 19.5 Å². The second-order valence-electron chi connectivity index (χ2n) is 3.87. The van der Waals surface area contributed by atoms with E-state index in [2.05, 4.69) is 0 Å². The van der Waals surface area contributed by atoms with Gasteiger partial charge in [0.25, 0.3) is 0 Å². The number of nitrogens with zero attached hydrogens (tertiary/aromatic N) is 3. The molecule has 0 aliphatic carbocycles. The Kier molecular flexibility index (Phi) is 5.08. The lowest BCUT2D eigenvalue weighted by molar-refractivity contribution is -0.387. The summed E-state index contributed by atoms with van der Waals surface area (Å²) in [6.45, 7) is 0.171. The van der Waals surface area contributed by atoms with Gasteiger partial charge in [-0.2, -0.15) is 0 Å². The Balaban J connectivity index is 3.06. The number of rotatable bonds is 6. The minimum absolute atomic E-state index is 0.171. The van der Waals surface area contributed by atoms with Gasteiger partial charge in [-0.05, 0) is 12.8 Å². The molecule has 1 rings (SSSR count). The van der Waals surface area contributed by atoms with Crippen molar-refractivity contribution in [2.45, 2.75) is 25.8 Å². The summed E-state index contributed by atoms with van der Waals surface area (Å²) in [7, 11) is 1.38. The first-order valence-electron chi connectivity index (χ1n) is 5.50. The van der Waals surface area contributed by atoms with Gasteiger partial charge in [0.2, 0.25) is 0 Å². The van der Waals surface area contributed by atoms with E-state index in [4.69, 9.17) is 11.6 Å². The maximum absolute atomic E-state index is 11.7. The van der Waals surface area contributed by atoms with E-state index in [1.54, 1.807) is 0 Å². The first-order chi connectivity index (χ1) is 8.49. The number of nitro groups is 1.